The van der Waals surface area contributed by atoms with Crippen LogP contribution in [0.1, 0.15) is 18.9 Å². The van der Waals surface area contributed by atoms with Crippen molar-refractivity contribution < 1.29 is 9.47 Å². The zero-order valence-corrected chi connectivity index (χ0v) is 13.9. The fourth-order valence-corrected chi connectivity index (χ4v) is 2.91. The molecule has 1 aromatic heterocycles. The van der Waals surface area contributed by atoms with Crippen LogP contribution in [0.2, 0.25) is 0 Å². The molecule has 0 amide bonds. The number of ether oxygens (including phenoxy) is 2. The van der Waals surface area contributed by atoms with Crippen molar-refractivity contribution in [3.05, 3.63) is 28.5 Å². The molecule has 0 unspecified atom stereocenters. The van der Waals surface area contributed by atoms with E-state index in [0.717, 1.165) is 34.1 Å². The maximum absolute atomic E-state index is 6.00. The number of hydrogen-bond acceptors (Lipinski definition) is 5. The standard InChI is InChI=1S/C15H18BrN3O2/c1-4-5-10-13(18-8-19-15(10)17)9-6-7-11(20-2)12(16)14(9)21-3/h6-8H,4-5H2,1-3H3,(H2,17,18,19). The second-order valence-corrected chi connectivity index (χ2v) is 5.29. The normalized spacial score (nSPS) is 10.5. The van der Waals surface area contributed by atoms with Gasteiger partial charge in [-0.15, -0.1) is 0 Å². The molecule has 2 aromatic rings. The Morgan fingerprint density at radius 1 is 1.19 bits per heavy atom. The summed E-state index contributed by atoms with van der Waals surface area (Å²) in [4.78, 5) is 8.49. The molecule has 0 saturated carbocycles. The van der Waals surface area contributed by atoms with Gasteiger partial charge < -0.3 is 15.2 Å². The van der Waals surface area contributed by atoms with Gasteiger partial charge in [0, 0.05) is 11.1 Å². The van der Waals surface area contributed by atoms with Crippen LogP contribution in [0.15, 0.2) is 22.9 Å². The number of rotatable bonds is 5. The van der Waals surface area contributed by atoms with E-state index in [1.165, 1.54) is 6.33 Å². The molecule has 112 valence electrons. The van der Waals surface area contributed by atoms with Gasteiger partial charge in [-0.25, -0.2) is 9.97 Å². The van der Waals surface area contributed by atoms with E-state index < -0.39 is 0 Å². The highest BCUT2D eigenvalue weighted by Crippen LogP contribution is 2.42. The predicted molar refractivity (Wildman–Crippen MR) is 86.7 cm³/mol. The van der Waals surface area contributed by atoms with Gasteiger partial charge in [0.25, 0.3) is 0 Å². The lowest BCUT2D eigenvalue weighted by Crippen LogP contribution is -2.03. The maximum atomic E-state index is 6.00. The molecule has 0 aliphatic carbocycles. The van der Waals surface area contributed by atoms with Gasteiger partial charge in [-0.3, -0.25) is 0 Å². The number of benzene rings is 1. The van der Waals surface area contributed by atoms with Crippen molar-refractivity contribution in [2.45, 2.75) is 19.8 Å². The lowest BCUT2D eigenvalue weighted by molar-refractivity contribution is 0.390. The molecule has 2 rings (SSSR count). The quantitative estimate of drug-likeness (QED) is 0.892. The van der Waals surface area contributed by atoms with Gasteiger partial charge in [0.1, 0.15) is 28.1 Å². The van der Waals surface area contributed by atoms with Gasteiger partial charge in [0.05, 0.1) is 19.9 Å². The minimum Gasteiger partial charge on any atom is -0.495 e. The molecular weight excluding hydrogens is 334 g/mol. The van der Waals surface area contributed by atoms with E-state index in [1.807, 2.05) is 12.1 Å². The summed E-state index contributed by atoms with van der Waals surface area (Å²) in [5.41, 5.74) is 8.60. The van der Waals surface area contributed by atoms with Crippen molar-refractivity contribution in [3.8, 4) is 22.8 Å². The third-order valence-corrected chi connectivity index (χ3v) is 3.97. The first-order valence-electron chi connectivity index (χ1n) is 6.64. The number of hydrogen-bond donors (Lipinski definition) is 1. The van der Waals surface area contributed by atoms with Crippen molar-refractivity contribution >= 4 is 21.7 Å². The summed E-state index contributed by atoms with van der Waals surface area (Å²) in [7, 11) is 3.23. The molecule has 0 saturated heterocycles. The first kappa shape index (κ1) is 15.6. The van der Waals surface area contributed by atoms with Crippen LogP contribution in [-0.4, -0.2) is 24.2 Å². The third kappa shape index (κ3) is 2.95. The number of nitrogens with two attached hydrogens (primary N) is 1. The van der Waals surface area contributed by atoms with Crippen LogP contribution in [0.5, 0.6) is 11.5 Å². The van der Waals surface area contributed by atoms with E-state index in [0.29, 0.717) is 17.3 Å². The van der Waals surface area contributed by atoms with Gasteiger partial charge in [-0.05, 0) is 34.5 Å². The molecule has 1 aromatic carbocycles. The molecule has 2 N–H and O–H groups in total. The average Bonchev–Trinajstić information content (AvgIpc) is 2.49. The Hall–Kier alpha value is -1.82. The number of anilines is 1. The van der Waals surface area contributed by atoms with Gasteiger partial charge in [-0.1, -0.05) is 13.3 Å². The maximum Gasteiger partial charge on any atom is 0.146 e. The van der Waals surface area contributed by atoms with Gasteiger partial charge >= 0.3 is 0 Å². The summed E-state index contributed by atoms with van der Waals surface area (Å²) < 4.78 is 11.6. The number of nitrogen functional groups attached to an aromatic ring is 1. The third-order valence-electron chi connectivity index (χ3n) is 3.22. The molecule has 5 nitrogen and oxygen atoms in total. The van der Waals surface area contributed by atoms with E-state index in [-0.39, 0.29) is 0 Å². The van der Waals surface area contributed by atoms with Crippen LogP contribution in [0.3, 0.4) is 0 Å². The van der Waals surface area contributed by atoms with Crippen LogP contribution in [0.4, 0.5) is 5.82 Å². The summed E-state index contributed by atoms with van der Waals surface area (Å²) in [6.45, 7) is 2.09. The van der Waals surface area contributed by atoms with E-state index in [9.17, 15) is 0 Å². The molecule has 0 aliphatic heterocycles. The van der Waals surface area contributed by atoms with E-state index in [1.54, 1.807) is 14.2 Å². The van der Waals surface area contributed by atoms with Crippen LogP contribution in [0.25, 0.3) is 11.3 Å². The van der Waals surface area contributed by atoms with Crippen molar-refractivity contribution in [1.82, 2.24) is 9.97 Å². The minimum atomic E-state index is 0.510. The molecule has 0 atom stereocenters. The number of methoxy groups -OCH3 is 2. The van der Waals surface area contributed by atoms with E-state index in [2.05, 4.69) is 32.8 Å². The number of halogens is 1. The lowest BCUT2D eigenvalue weighted by Gasteiger charge is -2.15. The molecule has 0 bridgehead atoms. The van der Waals surface area contributed by atoms with Crippen molar-refractivity contribution in [2.75, 3.05) is 20.0 Å². The highest BCUT2D eigenvalue weighted by atomic mass is 79.9. The summed E-state index contributed by atoms with van der Waals surface area (Å²) in [5.74, 6) is 1.88. The zero-order valence-electron chi connectivity index (χ0n) is 12.3. The zero-order chi connectivity index (χ0) is 15.4. The Morgan fingerprint density at radius 3 is 2.57 bits per heavy atom. The van der Waals surface area contributed by atoms with Gasteiger partial charge in [0.15, 0.2) is 0 Å². The smallest absolute Gasteiger partial charge is 0.146 e. The summed E-state index contributed by atoms with van der Waals surface area (Å²) >= 11 is 3.51. The number of aromatic nitrogens is 2. The summed E-state index contributed by atoms with van der Waals surface area (Å²) in [6, 6.07) is 3.79. The predicted octanol–water partition coefficient (Wildman–Crippen LogP) is 3.46. The minimum absolute atomic E-state index is 0.510. The lowest BCUT2D eigenvalue weighted by atomic mass is 10.0. The van der Waals surface area contributed by atoms with Gasteiger partial charge in [0.2, 0.25) is 0 Å². The Kier molecular flexibility index (Phi) is 5.01. The first-order chi connectivity index (χ1) is 10.1. The van der Waals surface area contributed by atoms with Crippen molar-refractivity contribution in [1.29, 1.82) is 0 Å². The summed E-state index contributed by atoms with van der Waals surface area (Å²) in [5, 5.41) is 0. The molecule has 21 heavy (non-hydrogen) atoms. The van der Waals surface area contributed by atoms with Crippen LogP contribution >= 0.6 is 15.9 Å². The monoisotopic (exact) mass is 351 g/mol. The molecule has 0 aliphatic rings. The molecular formula is C15H18BrN3O2. The average molecular weight is 352 g/mol. The molecule has 1 heterocycles. The fourth-order valence-electron chi connectivity index (χ4n) is 2.24. The molecule has 0 radical (unpaired) electrons. The second kappa shape index (κ2) is 6.76. The Bertz CT molecular complexity index is 647. The van der Waals surface area contributed by atoms with E-state index in [4.69, 9.17) is 15.2 Å². The fraction of sp³-hybridized carbons (Fsp3) is 0.333. The Balaban J connectivity index is 2.67. The molecule has 0 fully saturated rings. The second-order valence-electron chi connectivity index (χ2n) is 4.50. The highest BCUT2D eigenvalue weighted by molar-refractivity contribution is 9.10. The molecule has 6 heteroatoms. The van der Waals surface area contributed by atoms with Crippen LogP contribution in [-0.2, 0) is 6.42 Å². The van der Waals surface area contributed by atoms with Crippen LogP contribution < -0.4 is 15.2 Å². The number of nitrogens with zero attached hydrogens (tertiary/aromatic N) is 2. The molecule has 0 spiro atoms. The Labute approximate surface area is 132 Å². The summed E-state index contributed by atoms with van der Waals surface area (Å²) in [6.07, 6.45) is 3.25. The topological polar surface area (TPSA) is 70.3 Å². The Morgan fingerprint density at radius 2 is 1.95 bits per heavy atom. The highest BCUT2D eigenvalue weighted by Gasteiger charge is 2.18. The largest absolute Gasteiger partial charge is 0.495 e. The van der Waals surface area contributed by atoms with Crippen molar-refractivity contribution in [2.24, 2.45) is 0 Å². The van der Waals surface area contributed by atoms with Gasteiger partial charge in [-0.2, -0.15) is 0 Å². The SMILES string of the molecule is CCCc1c(N)ncnc1-c1ccc(OC)c(Br)c1OC. The van der Waals surface area contributed by atoms with E-state index >= 15 is 0 Å². The first-order valence-corrected chi connectivity index (χ1v) is 7.43. The van der Waals surface area contributed by atoms with Crippen molar-refractivity contribution in [3.63, 3.8) is 0 Å². The van der Waals surface area contributed by atoms with Crippen LogP contribution in [0, 0.1) is 0 Å².